The van der Waals surface area contributed by atoms with Crippen molar-refractivity contribution in [3.8, 4) is 0 Å². The Morgan fingerprint density at radius 2 is 1.91 bits per heavy atom. The number of carbonyl (C=O) groups is 2. The van der Waals surface area contributed by atoms with E-state index in [1.54, 1.807) is 20.8 Å². The Kier molecular flexibility index (Phi) is 4.75. The highest BCUT2D eigenvalue weighted by Crippen LogP contribution is 2.20. The number of nitrogens with one attached hydrogen (secondary N) is 2. The van der Waals surface area contributed by atoms with Crippen LogP contribution in [0.4, 0.5) is 0 Å². The molecule has 23 heavy (non-hydrogen) atoms. The molecule has 6 nitrogen and oxygen atoms in total. The Balaban J connectivity index is 1.96. The molecule has 0 aliphatic heterocycles. The van der Waals surface area contributed by atoms with Crippen LogP contribution >= 0.6 is 0 Å². The van der Waals surface area contributed by atoms with Crippen molar-refractivity contribution < 1.29 is 14.7 Å². The lowest BCUT2D eigenvalue weighted by Gasteiger charge is -2.20. The van der Waals surface area contributed by atoms with Crippen molar-refractivity contribution in [2.24, 2.45) is 7.05 Å². The summed E-state index contributed by atoms with van der Waals surface area (Å²) in [5.41, 5.74) is 1.28. The van der Waals surface area contributed by atoms with E-state index in [0.717, 1.165) is 10.9 Å². The van der Waals surface area contributed by atoms with Crippen LogP contribution in [0.3, 0.4) is 0 Å². The number of hydrogen-bond acceptors (Lipinski definition) is 3. The molecule has 1 atom stereocenters. The highest BCUT2D eigenvalue weighted by atomic mass is 16.3. The van der Waals surface area contributed by atoms with Gasteiger partial charge in [-0.05, 0) is 49.9 Å². The molecule has 0 fully saturated rings. The van der Waals surface area contributed by atoms with Crippen molar-refractivity contribution in [1.29, 1.82) is 0 Å². The summed E-state index contributed by atoms with van der Waals surface area (Å²) in [4.78, 5) is 23.4. The molecule has 0 radical (unpaired) electrons. The Bertz CT molecular complexity index is 728. The molecular formula is C17H23N3O3. The van der Waals surface area contributed by atoms with Gasteiger partial charge in [0.2, 0.25) is 0 Å². The molecule has 0 aliphatic rings. The number of amides is 2. The molecule has 0 saturated heterocycles. The fraction of sp³-hybridized carbons (Fsp3) is 0.412. The summed E-state index contributed by atoms with van der Waals surface area (Å²) in [6, 6.07) is 7.57. The van der Waals surface area contributed by atoms with Crippen LogP contribution in [0.1, 0.15) is 32.4 Å². The monoisotopic (exact) mass is 317 g/mol. The van der Waals surface area contributed by atoms with Gasteiger partial charge in [0, 0.05) is 30.8 Å². The normalized spacial score (nSPS) is 12.9. The zero-order chi connectivity index (χ0) is 17.2. The SMILES string of the molecule is Cn1ccc2cc(C(O)CNC(=O)C(=O)NC(C)(C)C)ccc21. The minimum Gasteiger partial charge on any atom is -0.387 e. The second-order valence-electron chi connectivity index (χ2n) is 6.67. The van der Waals surface area contributed by atoms with Crippen LogP contribution in [0.5, 0.6) is 0 Å². The van der Waals surface area contributed by atoms with E-state index in [9.17, 15) is 14.7 Å². The second kappa shape index (κ2) is 6.42. The zero-order valence-corrected chi connectivity index (χ0v) is 13.9. The Morgan fingerprint density at radius 3 is 2.57 bits per heavy atom. The minimum atomic E-state index is -0.869. The van der Waals surface area contributed by atoms with E-state index < -0.39 is 23.5 Å². The van der Waals surface area contributed by atoms with E-state index in [0.29, 0.717) is 5.56 Å². The van der Waals surface area contributed by atoms with Crippen LogP contribution in [0, 0.1) is 0 Å². The van der Waals surface area contributed by atoms with E-state index in [-0.39, 0.29) is 6.54 Å². The molecule has 1 heterocycles. The topological polar surface area (TPSA) is 83.4 Å². The van der Waals surface area contributed by atoms with Crippen molar-refractivity contribution in [3.63, 3.8) is 0 Å². The second-order valence-corrected chi connectivity index (χ2v) is 6.67. The third kappa shape index (κ3) is 4.32. The van der Waals surface area contributed by atoms with Gasteiger partial charge in [-0.1, -0.05) is 6.07 Å². The van der Waals surface area contributed by atoms with Gasteiger partial charge < -0.3 is 20.3 Å². The lowest BCUT2D eigenvalue weighted by atomic mass is 10.1. The predicted octanol–water partition coefficient (Wildman–Crippen LogP) is 1.24. The van der Waals surface area contributed by atoms with Crippen LogP contribution in [0.2, 0.25) is 0 Å². The molecule has 2 amide bonds. The van der Waals surface area contributed by atoms with Crippen molar-refractivity contribution in [1.82, 2.24) is 15.2 Å². The largest absolute Gasteiger partial charge is 0.387 e. The molecule has 0 saturated carbocycles. The highest BCUT2D eigenvalue weighted by molar-refractivity contribution is 6.35. The molecule has 6 heteroatoms. The average Bonchev–Trinajstić information content (AvgIpc) is 2.83. The number of rotatable bonds is 3. The van der Waals surface area contributed by atoms with Crippen LogP contribution in [-0.4, -0.2) is 33.6 Å². The van der Waals surface area contributed by atoms with Gasteiger partial charge >= 0.3 is 11.8 Å². The van der Waals surface area contributed by atoms with Gasteiger partial charge in [-0.3, -0.25) is 9.59 Å². The number of benzene rings is 1. The van der Waals surface area contributed by atoms with Crippen molar-refractivity contribution in [2.75, 3.05) is 6.54 Å². The van der Waals surface area contributed by atoms with Crippen molar-refractivity contribution >= 4 is 22.7 Å². The number of hydrogen-bond donors (Lipinski definition) is 3. The van der Waals surface area contributed by atoms with Gasteiger partial charge in [0.25, 0.3) is 0 Å². The summed E-state index contributed by atoms with van der Waals surface area (Å²) in [6.45, 7) is 5.36. The molecular weight excluding hydrogens is 294 g/mol. The maximum Gasteiger partial charge on any atom is 0.309 e. The van der Waals surface area contributed by atoms with Gasteiger partial charge in [-0.2, -0.15) is 0 Å². The van der Waals surface area contributed by atoms with Gasteiger partial charge in [-0.15, -0.1) is 0 Å². The van der Waals surface area contributed by atoms with Gasteiger partial charge in [0.05, 0.1) is 6.10 Å². The highest BCUT2D eigenvalue weighted by Gasteiger charge is 2.21. The number of aromatic nitrogens is 1. The molecule has 0 aliphatic carbocycles. The lowest BCUT2D eigenvalue weighted by Crippen LogP contribution is -2.48. The summed E-state index contributed by atoms with van der Waals surface area (Å²) in [5.74, 6) is -1.46. The van der Waals surface area contributed by atoms with Crippen LogP contribution in [0.25, 0.3) is 10.9 Å². The van der Waals surface area contributed by atoms with Crippen LogP contribution < -0.4 is 10.6 Å². The van der Waals surface area contributed by atoms with E-state index in [1.807, 2.05) is 42.1 Å². The number of aliphatic hydroxyl groups is 1. The maximum absolute atomic E-state index is 11.7. The van der Waals surface area contributed by atoms with Gasteiger partial charge in [-0.25, -0.2) is 0 Å². The predicted molar refractivity (Wildman–Crippen MR) is 88.8 cm³/mol. The van der Waals surface area contributed by atoms with Gasteiger partial charge in [0.1, 0.15) is 0 Å². The van der Waals surface area contributed by atoms with Gasteiger partial charge in [0.15, 0.2) is 0 Å². The summed E-state index contributed by atoms with van der Waals surface area (Å²) in [7, 11) is 1.95. The van der Waals surface area contributed by atoms with Crippen LogP contribution in [0.15, 0.2) is 30.5 Å². The average molecular weight is 317 g/mol. The standard InChI is InChI=1S/C17H23N3O3/c1-17(2,3)19-16(23)15(22)18-10-14(21)12-5-6-13-11(9-12)7-8-20(13)4/h5-9,14,21H,10H2,1-4H3,(H,18,22)(H,19,23). The fourth-order valence-electron chi connectivity index (χ4n) is 2.29. The number of aryl methyl sites for hydroxylation is 1. The fourth-order valence-corrected chi connectivity index (χ4v) is 2.29. The first-order chi connectivity index (χ1) is 10.7. The first-order valence-corrected chi connectivity index (χ1v) is 7.51. The molecule has 0 bridgehead atoms. The molecule has 3 N–H and O–H groups in total. The molecule has 1 aromatic heterocycles. The maximum atomic E-state index is 11.7. The molecule has 124 valence electrons. The third-order valence-electron chi connectivity index (χ3n) is 3.44. The number of nitrogens with zero attached hydrogens (tertiary/aromatic N) is 1. The molecule has 2 aromatic rings. The number of carbonyl (C=O) groups excluding carboxylic acids is 2. The summed E-state index contributed by atoms with van der Waals surface area (Å²) in [5, 5.41) is 16.2. The molecule has 1 aromatic carbocycles. The zero-order valence-electron chi connectivity index (χ0n) is 13.9. The van der Waals surface area contributed by atoms with E-state index in [1.165, 1.54) is 0 Å². The summed E-state index contributed by atoms with van der Waals surface area (Å²) >= 11 is 0. The number of aliphatic hydroxyl groups excluding tert-OH is 1. The van der Waals surface area contributed by atoms with Crippen LogP contribution in [-0.2, 0) is 16.6 Å². The van der Waals surface area contributed by atoms with E-state index >= 15 is 0 Å². The Labute approximate surface area is 135 Å². The Hall–Kier alpha value is -2.34. The first-order valence-electron chi connectivity index (χ1n) is 7.51. The minimum absolute atomic E-state index is 0.0191. The van der Waals surface area contributed by atoms with Crippen molar-refractivity contribution in [3.05, 3.63) is 36.0 Å². The quantitative estimate of drug-likeness (QED) is 0.745. The van der Waals surface area contributed by atoms with Crippen molar-refractivity contribution in [2.45, 2.75) is 32.4 Å². The number of fused-ring (bicyclic) bond motifs is 1. The summed E-state index contributed by atoms with van der Waals surface area (Å²) in [6.07, 6.45) is 1.07. The van der Waals surface area contributed by atoms with E-state index in [4.69, 9.17) is 0 Å². The summed E-state index contributed by atoms with van der Waals surface area (Å²) < 4.78 is 1.99. The van der Waals surface area contributed by atoms with E-state index in [2.05, 4.69) is 10.6 Å². The molecule has 2 rings (SSSR count). The molecule has 0 spiro atoms. The smallest absolute Gasteiger partial charge is 0.309 e. The lowest BCUT2D eigenvalue weighted by molar-refractivity contribution is -0.140. The Morgan fingerprint density at radius 1 is 1.22 bits per heavy atom. The molecule has 1 unspecified atom stereocenters. The third-order valence-corrected chi connectivity index (χ3v) is 3.44. The first kappa shape index (κ1) is 17.0.